The predicted molar refractivity (Wildman–Crippen MR) is 56.0 cm³/mol. The molecule has 2 nitrogen and oxygen atoms in total. The minimum atomic E-state index is 0.158. The molecule has 0 amide bonds. The van der Waals surface area contributed by atoms with Crippen molar-refractivity contribution in [2.45, 2.75) is 33.1 Å². The average Bonchev–Trinajstić information content (AvgIpc) is 2.50. The van der Waals surface area contributed by atoms with Crippen molar-refractivity contribution in [3.8, 4) is 11.5 Å². The van der Waals surface area contributed by atoms with Gasteiger partial charge in [-0.1, -0.05) is 26.8 Å². The Hall–Kier alpha value is -1.18. The molecule has 1 aromatic rings. The summed E-state index contributed by atoms with van der Waals surface area (Å²) in [5.41, 5.74) is 2.68. The van der Waals surface area contributed by atoms with Crippen molar-refractivity contribution in [2.24, 2.45) is 0 Å². The quantitative estimate of drug-likeness (QED) is 0.629. The van der Waals surface area contributed by atoms with Crippen LogP contribution >= 0.6 is 0 Å². The molecule has 76 valence electrons. The third-order valence-corrected chi connectivity index (χ3v) is 2.60. The van der Waals surface area contributed by atoms with E-state index in [1.54, 1.807) is 0 Å². The summed E-state index contributed by atoms with van der Waals surface area (Å²) < 4.78 is 10.8. The Kier molecular flexibility index (Phi) is 1.95. The smallest absolute Gasteiger partial charge is 0.231 e. The van der Waals surface area contributed by atoms with Crippen LogP contribution in [0.25, 0.3) is 0 Å². The fraction of sp³-hybridized carbons (Fsp3) is 0.500. The zero-order valence-corrected chi connectivity index (χ0v) is 9.18. The molecule has 0 aliphatic carbocycles. The van der Waals surface area contributed by atoms with E-state index in [2.05, 4.69) is 33.8 Å². The van der Waals surface area contributed by atoms with Gasteiger partial charge in [-0.2, -0.15) is 0 Å². The van der Waals surface area contributed by atoms with Gasteiger partial charge in [-0.05, 0) is 29.5 Å². The Morgan fingerprint density at radius 2 is 1.86 bits per heavy atom. The Balaban J connectivity index is 2.56. The summed E-state index contributed by atoms with van der Waals surface area (Å²) in [6, 6.07) is 4.12. The van der Waals surface area contributed by atoms with Gasteiger partial charge in [0.1, 0.15) is 0 Å². The van der Waals surface area contributed by atoms with Gasteiger partial charge < -0.3 is 9.47 Å². The largest absolute Gasteiger partial charge is 0.454 e. The topological polar surface area (TPSA) is 18.5 Å². The molecule has 0 spiro atoms. The fourth-order valence-electron chi connectivity index (χ4n) is 1.92. The number of hydrogen-bond acceptors (Lipinski definition) is 2. The Bertz CT molecular complexity index is 361. The number of benzene rings is 1. The first-order valence-corrected chi connectivity index (χ1v) is 4.90. The molecule has 0 saturated carbocycles. The highest BCUT2D eigenvalue weighted by molar-refractivity contribution is 5.53. The van der Waals surface area contributed by atoms with Crippen LogP contribution in [0.4, 0.5) is 0 Å². The number of hydrogen-bond donors (Lipinski definition) is 0. The molecule has 2 rings (SSSR count). The van der Waals surface area contributed by atoms with Crippen LogP contribution in [0.15, 0.2) is 12.1 Å². The molecular weight excluding hydrogens is 176 g/mol. The number of ether oxygens (including phenoxy) is 2. The molecule has 1 heterocycles. The fourth-order valence-corrected chi connectivity index (χ4v) is 1.92. The first-order chi connectivity index (χ1) is 6.50. The SMILES string of the molecule is Cc1c(C(C)(C)C)ccc2c1OCO2. The van der Waals surface area contributed by atoms with E-state index in [4.69, 9.17) is 9.47 Å². The van der Waals surface area contributed by atoms with Gasteiger partial charge in [0.05, 0.1) is 0 Å². The van der Waals surface area contributed by atoms with Crippen LogP contribution in [0.2, 0.25) is 0 Å². The summed E-state index contributed by atoms with van der Waals surface area (Å²) >= 11 is 0. The summed E-state index contributed by atoms with van der Waals surface area (Å²) in [6.07, 6.45) is 0. The van der Waals surface area contributed by atoms with Gasteiger partial charge in [-0.15, -0.1) is 0 Å². The molecule has 0 atom stereocenters. The Labute approximate surface area is 84.8 Å². The van der Waals surface area contributed by atoms with Crippen LogP contribution in [0.3, 0.4) is 0 Å². The van der Waals surface area contributed by atoms with Crippen molar-refractivity contribution in [1.82, 2.24) is 0 Å². The van der Waals surface area contributed by atoms with E-state index in [0.29, 0.717) is 6.79 Å². The summed E-state index contributed by atoms with van der Waals surface area (Å²) in [5.74, 6) is 1.79. The van der Waals surface area contributed by atoms with Gasteiger partial charge in [-0.3, -0.25) is 0 Å². The molecule has 2 heteroatoms. The lowest BCUT2D eigenvalue weighted by Crippen LogP contribution is -2.13. The van der Waals surface area contributed by atoms with E-state index in [1.807, 2.05) is 6.07 Å². The Morgan fingerprint density at radius 3 is 2.50 bits per heavy atom. The maximum absolute atomic E-state index is 5.44. The minimum absolute atomic E-state index is 0.158. The lowest BCUT2D eigenvalue weighted by Gasteiger charge is -2.22. The van der Waals surface area contributed by atoms with Gasteiger partial charge >= 0.3 is 0 Å². The van der Waals surface area contributed by atoms with E-state index in [-0.39, 0.29) is 5.41 Å². The predicted octanol–water partition coefficient (Wildman–Crippen LogP) is 3.02. The summed E-state index contributed by atoms with van der Waals surface area (Å²) in [5, 5.41) is 0. The van der Waals surface area contributed by atoms with Gasteiger partial charge in [0.25, 0.3) is 0 Å². The summed E-state index contributed by atoms with van der Waals surface area (Å²) in [6.45, 7) is 9.06. The molecule has 0 fully saturated rings. The number of rotatable bonds is 0. The second-order valence-corrected chi connectivity index (χ2v) is 4.72. The number of fused-ring (bicyclic) bond motifs is 1. The first-order valence-electron chi connectivity index (χ1n) is 4.90. The standard InChI is InChI=1S/C12H16O2/c1-8-9(12(2,3)4)5-6-10-11(8)14-7-13-10/h5-6H,7H2,1-4H3. The average molecular weight is 192 g/mol. The molecule has 1 aliphatic heterocycles. The maximum atomic E-state index is 5.44. The lowest BCUT2D eigenvalue weighted by atomic mass is 9.84. The summed E-state index contributed by atoms with van der Waals surface area (Å²) in [4.78, 5) is 0. The molecule has 1 aliphatic rings. The van der Waals surface area contributed by atoms with Crippen LogP contribution in [-0.2, 0) is 5.41 Å². The zero-order chi connectivity index (χ0) is 10.3. The van der Waals surface area contributed by atoms with Gasteiger partial charge in [0.15, 0.2) is 11.5 Å². The van der Waals surface area contributed by atoms with Crippen molar-refractivity contribution in [3.05, 3.63) is 23.3 Å². The zero-order valence-electron chi connectivity index (χ0n) is 9.18. The van der Waals surface area contributed by atoms with E-state index >= 15 is 0 Å². The lowest BCUT2D eigenvalue weighted by molar-refractivity contribution is 0.173. The monoisotopic (exact) mass is 192 g/mol. The first kappa shape index (κ1) is 9.38. The molecule has 1 aromatic carbocycles. The molecule has 14 heavy (non-hydrogen) atoms. The Morgan fingerprint density at radius 1 is 1.14 bits per heavy atom. The van der Waals surface area contributed by atoms with Crippen LogP contribution in [-0.4, -0.2) is 6.79 Å². The van der Waals surface area contributed by atoms with Crippen molar-refractivity contribution in [2.75, 3.05) is 6.79 Å². The van der Waals surface area contributed by atoms with Gasteiger partial charge in [0, 0.05) is 0 Å². The van der Waals surface area contributed by atoms with Gasteiger partial charge in [-0.25, -0.2) is 0 Å². The van der Waals surface area contributed by atoms with Gasteiger partial charge in [0.2, 0.25) is 6.79 Å². The maximum Gasteiger partial charge on any atom is 0.231 e. The summed E-state index contributed by atoms with van der Waals surface area (Å²) in [7, 11) is 0. The third kappa shape index (κ3) is 1.35. The van der Waals surface area contributed by atoms with Crippen molar-refractivity contribution in [3.63, 3.8) is 0 Å². The van der Waals surface area contributed by atoms with Crippen LogP contribution in [0.1, 0.15) is 31.9 Å². The third-order valence-electron chi connectivity index (χ3n) is 2.60. The molecule has 0 radical (unpaired) electrons. The van der Waals surface area contributed by atoms with Crippen LogP contribution in [0.5, 0.6) is 11.5 Å². The second kappa shape index (κ2) is 2.91. The van der Waals surface area contributed by atoms with Crippen LogP contribution in [0, 0.1) is 6.92 Å². The van der Waals surface area contributed by atoms with Crippen molar-refractivity contribution >= 4 is 0 Å². The highest BCUT2D eigenvalue weighted by atomic mass is 16.7. The van der Waals surface area contributed by atoms with Crippen LogP contribution < -0.4 is 9.47 Å². The molecule has 0 aromatic heterocycles. The van der Waals surface area contributed by atoms with E-state index in [0.717, 1.165) is 11.5 Å². The molecule has 0 bridgehead atoms. The molecular formula is C12H16O2. The second-order valence-electron chi connectivity index (χ2n) is 4.72. The van der Waals surface area contributed by atoms with Crippen molar-refractivity contribution in [1.29, 1.82) is 0 Å². The van der Waals surface area contributed by atoms with Crippen molar-refractivity contribution < 1.29 is 9.47 Å². The van der Waals surface area contributed by atoms with E-state index in [1.165, 1.54) is 11.1 Å². The molecule has 0 saturated heterocycles. The van der Waals surface area contributed by atoms with E-state index in [9.17, 15) is 0 Å². The van der Waals surface area contributed by atoms with E-state index < -0.39 is 0 Å². The molecule has 0 N–H and O–H groups in total. The highest BCUT2D eigenvalue weighted by Gasteiger charge is 2.23. The molecule has 0 unspecified atom stereocenters. The normalized spacial score (nSPS) is 14.6. The minimum Gasteiger partial charge on any atom is -0.454 e. The highest BCUT2D eigenvalue weighted by Crippen LogP contribution is 2.40.